The molecule has 92 valence electrons. The summed E-state index contributed by atoms with van der Waals surface area (Å²) in [5.41, 5.74) is 10.6. The number of fused-ring (bicyclic) bond motifs is 3. The molecule has 3 N–H and O–H groups in total. The topological polar surface area (TPSA) is 55.1 Å². The van der Waals surface area contributed by atoms with Crippen LogP contribution in [0.1, 0.15) is 26.7 Å². The maximum absolute atomic E-state index is 11.4. The number of dihydropyridines is 1. The smallest absolute Gasteiger partial charge is 0.315 e. The Bertz CT molecular complexity index is 551. The highest BCUT2D eigenvalue weighted by Crippen LogP contribution is 2.47. The van der Waals surface area contributed by atoms with Crippen molar-refractivity contribution in [3.05, 3.63) is 46.7 Å². The first kappa shape index (κ1) is 11.4. The fourth-order valence-electron chi connectivity index (χ4n) is 3.48. The highest BCUT2D eigenvalue weighted by atomic mass is 16.1. The summed E-state index contributed by atoms with van der Waals surface area (Å²) < 4.78 is 0. The van der Waals surface area contributed by atoms with Gasteiger partial charge >= 0.3 is 5.91 Å². The molecule has 1 amide bonds. The number of nitrogens with one attached hydrogen (secondary N) is 1. The largest absolute Gasteiger partial charge is 0.364 e. The van der Waals surface area contributed by atoms with Gasteiger partial charge in [0, 0.05) is 12.3 Å². The molecule has 1 heterocycles. The van der Waals surface area contributed by atoms with Gasteiger partial charge in [-0.2, -0.15) is 4.79 Å². The molecule has 0 radical (unpaired) electrons. The summed E-state index contributed by atoms with van der Waals surface area (Å²) >= 11 is 0. The van der Waals surface area contributed by atoms with Crippen molar-refractivity contribution >= 4 is 5.91 Å². The summed E-state index contributed by atoms with van der Waals surface area (Å²) in [6.45, 7) is 4.16. The van der Waals surface area contributed by atoms with Crippen LogP contribution in [0.25, 0.3) is 0 Å². The van der Waals surface area contributed by atoms with Gasteiger partial charge in [0.1, 0.15) is 11.2 Å². The van der Waals surface area contributed by atoms with E-state index in [1.54, 1.807) is 0 Å². The van der Waals surface area contributed by atoms with Crippen LogP contribution in [0.4, 0.5) is 0 Å². The van der Waals surface area contributed by atoms with E-state index in [0.717, 1.165) is 24.1 Å². The van der Waals surface area contributed by atoms with Crippen LogP contribution in [-0.4, -0.2) is 11.4 Å². The molecule has 3 heteroatoms. The molecule has 2 aliphatic carbocycles. The Kier molecular flexibility index (Phi) is 2.31. The van der Waals surface area contributed by atoms with Gasteiger partial charge in [-0.25, -0.2) is 5.32 Å². The fourth-order valence-corrected chi connectivity index (χ4v) is 3.48. The number of carbonyl (C=O) groups is 1. The van der Waals surface area contributed by atoms with Crippen LogP contribution in [0.3, 0.4) is 0 Å². The molecule has 3 rings (SSSR count). The molecule has 0 aromatic heterocycles. The van der Waals surface area contributed by atoms with Crippen LogP contribution in [0, 0.1) is 12.0 Å². The molecule has 18 heavy (non-hydrogen) atoms. The number of nitrogens with two attached hydrogens (primary N) is 1. The molecule has 1 aliphatic heterocycles. The lowest BCUT2D eigenvalue weighted by Crippen LogP contribution is -2.53. The van der Waals surface area contributed by atoms with E-state index in [0.29, 0.717) is 5.92 Å². The molecular formula is C15H17N2O+. The van der Waals surface area contributed by atoms with E-state index in [1.807, 2.05) is 6.92 Å². The lowest BCUT2D eigenvalue weighted by molar-refractivity contribution is -0.116. The Hall–Kier alpha value is -1.70. The second kappa shape index (κ2) is 3.64. The lowest BCUT2D eigenvalue weighted by Gasteiger charge is -2.42. The average Bonchev–Trinajstić information content (AvgIpc) is 2.26. The van der Waals surface area contributed by atoms with Crippen molar-refractivity contribution in [2.45, 2.75) is 32.2 Å². The Morgan fingerprint density at radius 3 is 3.11 bits per heavy atom. The Morgan fingerprint density at radius 1 is 1.61 bits per heavy atom. The quantitative estimate of drug-likeness (QED) is 0.501. The average molecular weight is 241 g/mol. The van der Waals surface area contributed by atoms with Gasteiger partial charge in [0.25, 0.3) is 0 Å². The SMILES string of the molecule is C/C=C1\C2C=C(C)C[C@@]1(N)C1=C(C2)NC(=O)C=[C+]1. The fraction of sp³-hybridized carbons (Fsp3) is 0.400. The highest BCUT2D eigenvalue weighted by molar-refractivity contribution is 5.90. The summed E-state index contributed by atoms with van der Waals surface area (Å²) in [6, 6.07) is 0. The first-order chi connectivity index (χ1) is 8.54. The predicted molar refractivity (Wildman–Crippen MR) is 70.1 cm³/mol. The highest BCUT2D eigenvalue weighted by Gasteiger charge is 2.50. The van der Waals surface area contributed by atoms with Crippen LogP contribution < -0.4 is 11.1 Å². The van der Waals surface area contributed by atoms with Gasteiger partial charge in [0.2, 0.25) is 0 Å². The molecule has 2 atom stereocenters. The van der Waals surface area contributed by atoms with Crippen LogP contribution >= 0.6 is 0 Å². The van der Waals surface area contributed by atoms with Crippen LogP contribution in [-0.2, 0) is 4.79 Å². The zero-order valence-corrected chi connectivity index (χ0v) is 10.7. The van der Waals surface area contributed by atoms with Crippen molar-refractivity contribution in [2.75, 3.05) is 0 Å². The first-order valence-corrected chi connectivity index (χ1v) is 6.32. The maximum atomic E-state index is 11.4. The molecule has 0 saturated carbocycles. The second-order valence-corrected chi connectivity index (χ2v) is 5.35. The van der Waals surface area contributed by atoms with Crippen LogP contribution in [0.2, 0.25) is 0 Å². The van der Waals surface area contributed by atoms with E-state index in [9.17, 15) is 4.79 Å². The number of rotatable bonds is 0. The molecule has 2 bridgehead atoms. The monoisotopic (exact) mass is 241 g/mol. The van der Waals surface area contributed by atoms with Gasteiger partial charge in [0.05, 0.1) is 6.08 Å². The van der Waals surface area contributed by atoms with Crippen molar-refractivity contribution in [3.8, 4) is 0 Å². The van der Waals surface area contributed by atoms with Crippen molar-refractivity contribution in [1.29, 1.82) is 0 Å². The van der Waals surface area contributed by atoms with E-state index in [2.05, 4.69) is 30.5 Å². The molecular weight excluding hydrogens is 224 g/mol. The normalized spacial score (nSPS) is 35.9. The second-order valence-electron chi connectivity index (χ2n) is 5.35. The Morgan fingerprint density at radius 2 is 2.39 bits per heavy atom. The zero-order chi connectivity index (χ0) is 12.9. The van der Waals surface area contributed by atoms with Gasteiger partial charge in [-0.1, -0.05) is 17.7 Å². The van der Waals surface area contributed by atoms with E-state index in [4.69, 9.17) is 5.73 Å². The third-order valence-corrected chi connectivity index (χ3v) is 4.06. The molecule has 0 aromatic carbocycles. The molecule has 0 saturated heterocycles. The van der Waals surface area contributed by atoms with Crippen molar-refractivity contribution in [1.82, 2.24) is 5.32 Å². The number of hydrogen-bond acceptors (Lipinski definition) is 2. The van der Waals surface area contributed by atoms with Gasteiger partial charge in [0.15, 0.2) is 11.6 Å². The summed E-state index contributed by atoms with van der Waals surface area (Å²) in [6.07, 6.45) is 10.6. The minimum absolute atomic E-state index is 0.0972. The third-order valence-electron chi connectivity index (χ3n) is 4.06. The Labute approximate surface area is 107 Å². The summed E-state index contributed by atoms with van der Waals surface area (Å²) in [5, 5.41) is 2.92. The number of hydrogen-bond donors (Lipinski definition) is 2. The van der Waals surface area contributed by atoms with Crippen LogP contribution in [0.5, 0.6) is 0 Å². The van der Waals surface area contributed by atoms with Gasteiger partial charge in [-0.05, 0) is 25.8 Å². The first-order valence-electron chi connectivity index (χ1n) is 6.32. The molecule has 0 aromatic rings. The number of allylic oxidation sites excluding steroid dienone is 3. The van der Waals surface area contributed by atoms with Crippen molar-refractivity contribution in [3.63, 3.8) is 0 Å². The standard InChI is InChI=1S/C15H16N2O/c1-3-11-10-6-9(2)8-15(11,16)12-4-5-14(18)17-13(12)7-10/h3,5-6,10H,7-8,16H2,1-2H3/p+1/b11-3+/t10?,15-/m0/s1. The molecule has 0 spiro atoms. The molecule has 3 nitrogen and oxygen atoms in total. The van der Waals surface area contributed by atoms with E-state index in [-0.39, 0.29) is 5.91 Å². The van der Waals surface area contributed by atoms with Gasteiger partial charge < -0.3 is 5.73 Å². The van der Waals surface area contributed by atoms with Crippen molar-refractivity contribution < 1.29 is 4.79 Å². The lowest BCUT2D eigenvalue weighted by atomic mass is 9.63. The zero-order valence-electron chi connectivity index (χ0n) is 10.7. The Balaban J connectivity index is 2.17. The van der Waals surface area contributed by atoms with Gasteiger partial charge in [-0.15, -0.1) is 0 Å². The molecule has 3 aliphatic rings. The predicted octanol–water partition coefficient (Wildman–Crippen LogP) is 1.74. The third kappa shape index (κ3) is 1.41. The number of amides is 1. The van der Waals surface area contributed by atoms with E-state index >= 15 is 0 Å². The summed E-state index contributed by atoms with van der Waals surface area (Å²) in [4.78, 5) is 11.4. The molecule has 0 fully saturated rings. The number of carbonyl (C=O) groups excluding carboxylic acids is 1. The van der Waals surface area contributed by atoms with Crippen molar-refractivity contribution in [2.24, 2.45) is 11.7 Å². The summed E-state index contributed by atoms with van der Waals surface area (Å²) in [5.74, 6) is 0.216. The van der Waals surface area contributed by atoms with E-state index < -0.39 is 5.54 Å². The minimum Gasteiger partial charge on any atom is -0.315 e. The minimum atomic E-state index is -0.490. The van der Waals surface area contributed by atoms with Gasteiger partial charge in [-0.3, -0.25) is 0 Å². The summed E-state index contributed by atoms with van der Waals surface area (Å²) in [7, 11) is 0. The maximum Gasteiger partial charge on any atom is 0.364 e. The van der Waals surface area contributed by atoms with Crippen LogP contribution in [0.15, 0.2) is 40.6 Å². The molecule has 1 unspecified atom stereocenters. The van der Waals surface area contributed by atoms with E-state index in [1.165, 1.54) is 17.2 Å².